The van der Waals surface area contributed by atoms with Gasteiger partial charge in [-0.05, 0) is 6.07 Å². The molecule has 0 saturated heterocycles. The van der Waals surface area contributed by atoms with Crippen molar-refractivity contribution in [2.75, 3.05) is 0 Å². The van der Waals surface area contributed by atoms with E-state index in [0.29, 0.717) is 5.69 Å². The summed E-state index contributed by atoms with van der Waals surface area (Å²) < 4.78 is 9.56. The van der Waals surface area contributed by atoms with Crippen LogP contribution in [0.4, 0.5) is 10.5 Å². The van der Waals surface area contributed by atoms with E-state index < -0.39 is 11.1 Å². The summed E-state index contributed by atoms with van der Waals surface area (Å²) in [5.41, 5.74) is 1.89. The number of nitro groups is 1. The summed E-state index contributed by atoms with van der Waals surface area (Å²) >= 11 is 1.37. The topological polar surface area (TPSA) is 91.6 Å². The van der Waals surface area contributed by atoms with Crippen molar-refractivity contribution in [2.45, 2.75) is 6.61 Å². The van der Waals surface area contributed by atoms with Crippen molar-refractivity contribution in [1.29, 1.82) is 0 Å². The zero-order chi connectivity index (χ0) is 13.7. The molecule has 1 aromatic carbocycles. The highest BCUT2D eigenvalue weighted by Crippen LogP contribution is 2.26. The molecule has 0 aliphatic rings. The minimum absolute atomic E-state index is 0.0387. The minimum Gasteiger partial charge on any atom is -0.427 e. The largest absolute Gasteiger partial charge is 0.514 e. The second-order valence-electron chi connectivity index (χ2n) is 3.35. The number of aromatic nitrogens is 1. The van der Waals surface area contributed by atoms with Crippen molar-refractivity contribution in [3.63, 3.8) is 0 Å². The molecule has 0 unspecified atom stereocenters. The van der Waals surface area contributed by atoms with Crippen LogP contribution in [0.25, 0.3) is 0 Å². The molecule has 1 aromatic heterocycles. The lowest BCUT2D eigenvalue weighted by atomic mass is 10.3. The average Bonchev–Trinajstić information content (AvgIpc) is 2.90. The molecule has 0 bridgehead atoms. The number of hydrogen-bond donors (Lipinski definition) is 0. The molecule has 2 aromatic rings. The molecule has 0 fully saturated rings. The third-order valence-electron chi connectivity index (χ3n) is 2.08. The lowest BCUT2D eigenvalue weighted by Crippen LogP contribution is -2.11. The van der Waals surface area contributed by atoms with Crippen LogP contribution in [0.5, 0.6) is 5.75 Å². The van der Waals surface area contributed by atoms with E-state index in [1.807, 2.05) is 0 Å². The van der Waals surface area contributed by atoms with E-state index in [-0.39, 0.29) is 18.0 Å². The van der Waals surface area contributed by atoms with Crippen LogP contribution in [0.15, 0.2) is 35.2 Å². The smallest absolute Gasteiger partial charge is 0.427 e. The van der Waals surface area contributed by atoms with Gasteiger partial charge in [0, 0.05) is 11.4 Å². The number of thiazole rings is 1. The summed E-state index contributed by atoms with van der Waals surface area (Å²) in [4.78, 5) is 25.4. The molecular weight excluding hydrogens is 272 g/mol. The van der Waals surface area contributed by atoms with Crippen LogP contribution in [0, 0.1) is 10.1 Å². The van der Waals surface area contributed by atoms with Crippen LogP contribution in [0.3, 0.4) is 0 Å². The van der Waals surface area contributed by atoms with E-state index in [1.165, 1.54) is 35.6 Å². The Labute approximate surface area is 111 Å². The maximum Gasteiger partial charge on any atom is 0.514 e. The third kappa shape index (κ3) is 3.49. The molecule has 0 aliphatic heterocycles. The fourth-order valence-electron chi connectivity index (χ4n) is 1.26. The van der Waals surface area contributed by atoms with Gasteiger partial charge in [-0.25, -0.2) is 9.78 Å². The van der Waals surface area contributed by atoms with Crippen molar-refractivity contribution < 1.29 is 19.2 Å². The minimum atomic E-state index is -1.01. The Kier molecular flexibility index (Phi) is 4.04. The van der Waals surface area contributed by atoms with Crippen molar-refractivity contribution in [3.05, 3.63) is 51.0 Å². The third-order valence-corrected chi connectivity index (χ3v) is 2.71. The van der Waals surface area contributed by atoms with Crippen LogP contribution >= 0.6 is 11.3 Å². The normalized spacial score (nSPS) is 9.89. The van der Waals surface area contributed by atoms with Gasteiger partial charge in [0.15, 0.2) is 0 Å². The van der Waals surface area contributed by atoms with Crippen molar-refractivity contribution in [3.8, 4) is 5.75 Å². The van der Waals surface area contributed by atoms with Gasteiger partial charge in [0.1, 0.15) is 6.61 Å². The first-order valence-corrected chi connectivity index (χ1v) is 6.06. The highest BCUT2D eigenvalue weighted by molar-refractivity contribution is 7.07. The molecule has 0 radical (unpaired) electrons. The summed E-state index contributed by atoms with van der Waals surface area (Å²) in [5.74, 6) is -0.157. The molecule has 98 valence electrons. The highest BCUT2D eigenvalue weighted by Gasteiger charge is 2.17. The molecule has 7 nitrogen and oxygen atoms in total. The SMILES string of the molecule is O=C(OCc1cscn1)Oc1ccccc1[N+](=O)[O-]. The number of hydrogen-bond acceptors (Lipinski definition) is 7. The number of carbonyl (C=O) groups excluding carboxylic acids is 1. The van der Waals surface area contributed by atoms with E-state index in [9.17, 15) is 14.9 Å². The lowest BCUT2D eigenvalue weighted by molar-refractivity contribution is -0.385. The molecule has 2 rings (SSSR count). The summed E-state index contributed by atoms with van der Waals surface area (Å²) in [6.45, 7) is -0.0387. The van der Waals surface area contributed by atoms with Crippen LogP contribution in [0.2, 0.25) is 0 Å². The van der Waals surface area contributed by atoms with Gasteiger partial charge in [0.05, 0.1) is 16.1 Å². The van der Waals surface area contributed by atoms with Crippen LogP contribution < -0.4 is 4.74 Å². The number of rotatable bonds is 4. The molecule has 0 spiro atoms. The molecule has 19 heavy (non-hydrogen) atoms. The average molecular weight is 280 g/mol. The molecule has 1 heterocycles. The maximum absolute atomic E-state index is 11.4. The van der Waals surface area contributed by atoms with Crippen molar-refractivity contribution >= 4 is 23.2 Å². The zero-order valence-corrected chi connectivity index (χ0v) is 10.3. The van der Waals surface area contributed by atoms with E-state index >= 15 is 0 Å². The van der Waals surface area contributed by atoms with Gasteiger partial charge < -0.3 is 9.47 Å². The molecule has 8 heteroatoms. The molecular formula is C11H8N2O5S. The van der Waals surface area contributed by atoms with Crippen molar-refractivity contribution in [2.24, 2.45) is 0 Å². The number of nitrogens with zero attached hydrogens (tertiary/aromatic N) is 2. The Morgan fingerprint density at radius 1 is 1.42 bits per heavy atom. The lowest BCUT2D eigenvalue weighted by Gasteiger charge is -2.04. The fourth-order valence-corrected chi connectivity index (χ4v) is 1.80. The van der Waals surface area contributed by atoms with Gasteiger partial charge in [-0.2, -0.15) is 0 Å². The Bertz CT molecular complexity index is 585. The highest BCUT2D eigenvalue weighted by atomic mass is 32.1. The van der Waals surface area contributed by atoms with Crippen LogP contribution in [0.1, 0.15) is 5.69 Å². The first-order chi connectivity index (χ1) is 9.16. The van der Waals surface area contributed by atoms with Crippen LogP contribution in [-0.4, -0.2) is 16.1 Å². The Hall–Kier alpha value is -2.48. The monoisotopic (exact) mass is 280 g/mol. The predicted octanol–water partition coefficient (Wildman–Crippen LogP) is 2.77. The summed E-state index contributed by atoms with van der Waals surface area (Å²) in [6.07, 6.45) is -1.01. The molecule has 0 aliphatic carbocycles. The number of benzene rings is 1. The second kappa shape index (κ2) is 5.91. The molecule has 0 amide bonds. The number of para-hydroxylation sites is 2. The Morgan fingerprint density at radius 3 is 2.89 bits per heavy atom. The number of nitro benzene ring substituents is 1. The summed E-state index contributed by atoms with van der Waals surface area (Å²) in [5, 5.41) is 12.4. The van der Waals surface area contributed by atoms with Gasteiger partial charge in [-0.1, -0.05) is 12.1 Å². The second-order valence-corrected chi connectivity index (χ2v) is 4.06. The van der Waals surface area contributed by atoms with Gasteiger partial charge in [-0.15, -0.1) is 11.3 Å². The van der Waals surface area contributed by atoms with Gasteiger partial charge in [0.2, 0.25) is 5.75 Å². The van der Waals surface area contributed by atoms with Crippen molar-refractivity contribution in [1.82, 2.24) is 4.98 Å². The van der Waals surface area contributed by atoms with Gasteiger partial charge >= 0.3 is 11.8 Å². The first kappa shape index (κ1) is 13.0. The summed E-state index contributed by atoms with van der Waals surface area (Å²) in [7, 11) is 0. The van der Waals surface area contributed by atoms with E-state index in [2.05, 4.69) is 4.98 Å². The Morgan fingerprint density at radius 2 is 2.21 bits per heavy atom. The zero-order valence-electron chi connectivity index (χ0n) is 9.52. The van der Waals surface area contributed by atoms with Crippen LogP contribution in [-0.2, 0) is 11.3 Å². The maximum atomic E-state index is 11.4. The van der Waals surface area contributed by atoms with Gasteiger partial charge in [-0.3, -0.25) is 10.1 Å². The Balaban J connectivity index is 1.97. The summed E-state index contributed by atoms with van der Waals surface area (Å²) in [6, 6.07) is 5.56. The van der Waals surface area contributed by atoms with E-state index in [1.54, 1.807) is 10.9 Å². The fraction of sp³-hybridized carbons (Fsp3) is 0.0909. The van der Waals surface area contributed by atoms with Gasteiger partial charge in [0.25, 0.3) is 0 Å². The quantitative estimate of drug-likeness (QED) is 0.370. The number of carbonyl (C=O) groups is 1. The molecule has 0 atom stereocenters. The predicted molar refractivity (Wildman–Crippen MR) is 66.0 cm³/mol. The molecule has 0 saturated carbocycles. The van der Waals surface area contributed by atoms with E-state index in [0.717, 1.165) is 0 Å². The first-order valence-electron chi connectivity index (χ1n) is 5.12. The standard InChI is InChI=1S/C11H8N2O5S/c14-11(17-5-8-6-19-7-12-8)18-10-4-2-1-3-9(10)13(15)16/h1-4,6-7H,5H2. The number of ether oxygens (including phenoxy) is 2. The molecule has 0 N–H and O–H groups in total. The van der Waals surface area contributed by atoms with E-state index in [4.69, 9.17) is 9.47 Å².